The summed E-state index contributed by atoms with van der Waals surface area (Å²) in [4.78, 5) is 0. The van der Waals surface area contributed by atoms with Gasteiger partial charge in [0.25, 0.3) is 0 Å². The van der Waals surface area contributed by atoms with E-state index in [9.17, 15) is 0 Å². The Hall–Kier alpha value is -2.60. The van der Waals surface area contributed by atoms with Crippen molar-refractivity contribution in [3.8, 4) is 0 Å². The SMILES string of the molecule is C=C(C)c1ccccc1.C=CCCCCCC.CCCCCC/C=C(/C)c1ccccc1.CCCCCC/C=C/CCCCCC. The van der Waals surface area contributed by atoms with Crippen LogP contribution in [-0.2, 0) is 0 Å². The molecule has 0 amide bonds. The number of allylic oxidation sites excluding steroid dienone is 6. The highest BCUT2D eigenvalue weighted by Gasteiger charge is 1.93. The Labute approximate surface area is 289 Å². The van der Waals surface area contributed by atoms with Crippen LogP contribution in [0.5, 0.6) is 0 Å². The monoisotopic (exact) mass is 629 g/mol. The first-order valence-corrected chi connectivity index (χ1v) is 19.2. The molecule has 0 saturated heterocycles. The average Bonchev–Trinajstić information content (AvgIpc) is 3.09. The van der Waals surface area contributed by atoms with Crippen LogP contribution in [0.25, 0.3) is 11.1 Å². The van der Waals surface area contributed by atoms with Crippen molar-refractivity contribution in [2.75, 3.05) is 0 Å². The molecule has 0 aliphatic heterocycles. The van der Waals surface area contributed by atoms with Gasteiger partial charge < -0.3 is 0 Å². The highest BCUT2D eigenvalue weighted by Crippen LogP contribution is 2.15. The van der Waals surface area contributed by atoms with Gasteiger partial charge in [0, 0.05) is 0 Å². The van der Waals surface area contributed by atoms with Crippen molar-refractivity contribution in [3.63, 3.8) is 0 Å². The van der Waals surface area contributed by atoms with E-state index in [1.807, 2.05) is 31.2 Å². The lowest BCUT2D eigenvalue weighted by atomic mass is 10.0. The Morgan fingerprint density at radius 1 is 0.478 bits per heavy atom. The van der Waals surface area contributed by atoms with Crippen LogP contribution >= 0.6 is 0 Å². The third kappa shape index (κ3) is 34.3. The molecule has 0 unspecified atom stereocenters. The minimum absolute atomic E-state index is 1.12. The van der Waals surface area contributed by atoms with E-state index in [-0.39, 0.29) is 0 Å². The summed E-state index contributed by atoms with van der Waals surface area (Å²) >= 11 is 0. The summed E-state index contributed by atoms with van der Waals surface area (Å²) in [5.41, 5.74) is 5.10. The maximum absolute atomic E-state index is 3.83. The first-order valence-electron chi connectivity index (χ1n) is 19.2. The van der Waals surface area contributed by atoms with Crippen molar-refractivity contribution in [1.29, 1.82) is 0 Å². The smallest absolute Gasteiger partial charge is 0.0231 e. The standard InChI is InChI=1S/C15H22.C14H28.C9H10.C8H16/c1-3-4-5-6-8-11-14(2)15-12-9-7-10-13-15;1-3-5-7-9-11-13-14-12-10-8-6-4-2;1-8(2)9-6-4-3-5-7-9;1-3-5-7-8-6-4-2/h7,9-13H,3-6,8H2,1-2H3;13-14H,3-12H2,1-2H3;3-7H,1H2,2H3;3H,1,4-8H2,2H3/b14-11-;14-13+;;. The summed E-state index contributed by atoms with van der Waals surface area (Å²) in [6, 6.07) is 20.8. The first kappa shape index (κ1) is 45.5. The van der Waals surface area contributed by atoms with Crippen molar-refractivity contribution in [2.45, 2.75) is 170 Å². The molecule has 0 fully saturated rings. The van der Waals surface area contributed by atoms with E-state index in [1.165, 1.54) is 145 Å². The lowest BCUT2D eigenvalue weighted by Crippen LogP contribution is -1.79. The second-order valence-corrected chi connectivity index (χ2v) is 12.6. The minimum Gasteiger partial charge on any atom is -0.103 e. The summed E-state index contributed by atoms with van der Waals surface area (Å²) in [6.45, 7) is 20.7. The van der Waals surface area contributed by atoms with Crippen molar-refractivity contribution >= 4 is 11.1 Å². The highest BCUT2D eigenvalue weighted by molar-refractivity contribution is 5.63. The fourth-order valence-electron chi connectivity index (χ4n) is 4.76. The number of hydrogen-bond acceptors (Lipinski definition) is 0. The zero-order valence-corrected chi connectivity index (χ0v) is 31.6. The Morgan fingerprint density at radius 3 is 1.20 bits per heavy atom. The van der Waals surface area contributed by atoms with Gasteiger partial charge in [-0.05, 0) is 81.9 Å². The van der Waals surface area contributed by atoms with Gasteiger partial charge in [-0.15, -0.1) is 6.58 Å². The first-order chi connectivity index (χ1) is 22.5. The van der Waals surface area contributed by atoms with Gasteiger partial charge in [0.05, 0.1) is 0 Å². The van der Waals surface area contributed by atoms with Gasteiger partial charge in [0.2, 0.25) is 0 Å². The fraction of sp³-hybridized carbons (Fsp3) is 0.565. The summed E-state index contributed by atoms with van der Waals surface area (Å²) < 4.78 is 0. The number of unbranched alkanes of at least 4 members (excludes halogenated alkanes) is 16. The largest absolute Gasteiger partial charge is 0.103 e. The Morgan fingerprint density at radius 2 is 0.848 bits per heavy atom. The molecule has 2 rings (SSSR count). The fourth-order valence-corrected chi connectivity index (χ4v) is 4.76. The molecule has 0 aliphatic carbocycles. The second-order valence-electron chi connectivity index (χ2n) is 12.6. The van der Waals surface area contributed by atoms with E-state index >= 15 is 0 Å². The molecule has 0 saturated carbocycles. The molecule has 0 radical (unpaired) electrons. The topological polar surface area (TPSA) is 0 Å². The van der Waals surface area contributed by atoms with E-state index in [0.717, 1.165) is 5.57 Å². The Balaban J connectivity index is 0. The van der Waals surface area contributed by atoms with Gasteiger partial charge in [-0.1, -0.05) is 202 Å². The molecule has 0 heterocycles. The summed E-state index contributed by atoms with van der Waals surface area (Å²) in [5.74, 6) is 0. The Kier molecular flexibility index (Phi) is 38.2. The summed E-state index contributed by atoms with van der Waals surface area (Å²) in [7, 11) is 0. The molecule has 260 valence electrons. The van der Waals surface area contributed by atoms with E-state index in [0.29, 0.717) is 0 Å². The maximum Gasteiger partial charge on any atom is -0.0231 e. The molecule has 0 nitrogen and oxygen atoms in total. The van der Waals surface area contributed by atoms with E-state index < -0.39 is 0 Å². The second kappa shape index (κ2) is 38.6. The quantitative estimate of drug-likeness (QED) is 0.0899. The molecule has 2 aromatic carbocycles. The zero-order valence-electron chi connectivity index (χ0n) is 31.6. The van der Waals surface area contributed by atoms with Gasteiger partial charge in [-0.3, -0.25) is 0 Å². The van der Waals surface area contributed by atoms with Crippen LogP contribution in [0.4, 0.5) is 0 Å². The molecule has 46 heavy (non-hydrogen) atoms. The third-order valence-corrected chi connectivity index (χ3v) is 7.88. The molecule has 0 heteroatoms. The molecule has 0 atom stereocenters. The van der Waals surface area contributed by atoms with Crippen molar-refractivity contribution in [3.05, 3.63) is 109 Å². The number of hydrogen-bond donors (Lipinski definition) is 0. The molecule has 0 aromatic heterocycles. The van der Waals surface area contributed by atoms with Crippen LogP contribution in [0.3, 0.4) is 0 Å². The molecule has 0 N–H and O–H groups in total. The molecular weight excluding hydrogens is 553 g/mol. The van der Waals surface area contributed by atoms with Crippen LogP contribution < -0.4 is 0 Å². The van der Waals surface area contributed by atoms with Crippen molar-refractivity contribution < 1.29 is 0 Å². The summed E-state index contributed by atoms with van der Waals surface area (Å²) in [5, 5.41) is 0. The van der Waals surface area contributed by atoms with Gasteiger partial charge in [-0.2, -0.15) is 0 Å². The lowest BCUT2D eigenvalue weighted by molar-refractivity contribution is 0.665. The van der Waals surface area contributed by atoms with Crippen LogP contribution in [0.15, 0.2) is 98.1 Å². The molecule has 2 aromatic rings. The highest BCUT2D eigenvalue weighted by atomic mass is 14.0. The molecular formula is C46H76. The van der Waals surface area contributed by atoms with Gasteiger partial charge in [0.15, 0.2) is 0 Å². The number of rotatable bonds is 22. The van der Waals surface area contributed by atoms with E-state index in [4.69, 9.17) is 0 Å². The van der Waals surface area contributed by atoms with Gasteiger partial charge >= 0.3 is 0 Å². The summed E-state index contributed by atoms with van der Waals surface area (Å²) in [6.07, 6.45) is 36.1. The average molecular weight is 629 g/mol. The van der Waals surface area contributed by atoms with Crippen LogP contribution in [0.1, 0.15) is 181 Å². The maximum atomic E-state index is 3.83. The van der Waals surface area contributed by atoms with E-state index in [2.05, 4.69) is 108 Å². The molecule has 0 bridgehead atoms. The van der Waals surface area contributed by atoms with Gasteiger partial charge in [0.1, 0.15) is 0 Å². The zero-order chi connectivity index (χ0) is 34.4. The third-order valence-electron chi connectivity index (χ3n) is 7.88. The predicted molar refractivity (Wildman–Crippen MR) is 216 cm³/mol. The van der Waals surface area contributed by atoms with Gasteiger partial charge in [-0.25, -0.2) is 0 Å². The Bertz CT molecular complexity index is 917. The van der Waals surface area contributed by atoms with E-state index in [1.54, 1.807) is 0 Å². The molecule has 0 aliphatic rings. The van der Waals surface area contributed by atoms with Crippen LogP contribution in [0.2, 0.25) is 0 Å². The number of benzene rings is 2. The normalized spacial score (nSPS) is 10.6. The van der Waals surface area contributed by atoms with Crippen LogP contribution in [0, 0.1) is 0 Å². The van der Waals surface area contributed by atoms with Crippen molar-refractivity contribution in [1.82, 2.24) is 0 Å². The minimum atomic E-state index is 1.12. The predicted octanol–water partition coefficient (Wildman–Crippen LogP) is 16.4. The molecule has 0 spiro atoms. The lowest BCUT2D eigenvalue weighted by Gasteiger charge is -2.01. The van der Waals surface area contributed by atoms with Crippen molar-refractivity contribution in [2.24, 2.45) is 0 Å². The van der Waals surface area contributed by atoms with Crippen LogP contribution in [-0.4, -0.2) is 0 Å².